The van der Waals surface area contributed by atoms with Gasteiger partial charge in [0.25, 0.3) is 0 Å². The van der Waals surface area contributed by atoms with E-state index in [2.05, 4.69) is 49.9 Å². The summed E-state index contributed by atoms with van der Waals surface area (Å²) in [7, 11) is 0. The van der Waals surface area contributed by atoms with E-state index in [4.69, 9.17) is 0 Å². The van der Waals surface area contributed by atoms with Crippen molar-refractivity contribution >= 4 is 0 Å². The van der Waals surface area contributed by atoms with Gasteiger partial charge < -0.3 is 7.43 Å². The van der Waals surface area contributed by atoms with Crippen LogP contribution in [0, 0.1) is 12.8 Å². The molecule has 0 aliphatic carbocycles. The minimum atomic E-state index is 0. The van der Waals surface area contributed by atoms with Gasteiger partial charge in [0.2, 0.25) is 0 Å². The number of benzene rings is 1. The number of allylic oxidation sites excluding steroid dienone is 2. The second-order valence-corrected chi connectivity index (χ2v) is 5.93. The van der Waals surface area contributed by atoms with Gasteiger partial charge in [-0.2, -0.15) is 0 Å². The van der Waals surface area contributed by atoms with Crippen molar-refractivity contribution in [2.24, 2.45) is 5.41 Å². The van der Waals surface area contributed by atoms with Crippen LogP contribution in [0.2, 0.25) is 0 Å². The van der Waals surface area contributed by atoms with E-state index in [1.54, 1.807) is 0 Å². The summed E-state index contributed by atoms with van der Waals surface area (Å²) in [4.78, 5) is 0. The summed E-state index contributed by atoms with van der Waals surface area (Å²) >= 11 is 0. The zero-order chi connectivity index (χ0) is 18.0. The molecule has 1 heterocycles. The molecule has 0 saturated carbocycles. The lowest BCUT2D eigenvalue weighted by Gasteiger charge is -2.12. The fourth-order valence-electron chi connectivity index (χ4n) is 1.47. The second-order valence-electron chi connectivity index (χ2n) is 5.93. The highest BCUT2D eigenvalue weighted by Crippen LogP contribution is 2.11. The molecule has 0 aliphatic rings. The summed E-state index contributed by atoms with van der Waals surface area (Å²) in [5, 5.41) is 0. The molecule has 0 radical (unpaired) electrons. The molecule has 0 bridgehead atoms. The molecule has 0 unspecified atom stereocenters. The van der Waals surface area contributed by atoms with Crippen molar-refractivity contribution in [2.75, 3.05) is 0 Å². The van der Waals surface area contributed by atoms with Crippen LogP contribution in [-0.4, -0.2) is 0 Å². The maximum Gasteiger partial charge on any atom is 0.168 e. The van der Waals surface area contributed by atoms with E-state index in [-0.39, 0.29) is 7.43 Å². The van der Waals surface area contributed by atoms with Crippen molar-refractivity contribution in [1.29, 1.82) is 0 Å². The summed E-state index contributed by atoms with van der Waals surface area (Å²) in [5.74, 6) is 0. The number of hydrogen-bond donors (Lipinski definition) is 0. The number of nitrogens with zero attached hydrogens (tertiary/aromatic N) is 1. The predicted molar refractivity (Wildman–Crippen MR) is 111 cm³/mol. The van der Waals surface area contributed by atoms with Gasteiger partial charge in [0.05, 0.1) is 0 Å². The van der Waals surface area contributed by atoms with E-state index >= 15 is 0 Å². The molecule has 0 atom stereocenters. The Morgan fingerprint density at radius 1 is 0.667 bits per heavy atom. The number of pyridine rings is 1. The predicted octanol–water partition coefficient (Wildman–Crippen LogP) is 6.77. The number of hydrogen-bond acceptors (Lipinski definition) is 0. The maximum absolute atomic E-state index is 2.24. The van der Waals surface area contributed by atoms with Gasteiger partial charge in [0, 0.05) is 17.5 Å². The monoisotopic (exact) mass is 329 g/mol. The normalized spacial score (nSPS) is 9.12. The fourth-order valence-corrected chi connectivity index (χ4v) is 1.47. The van der Waals surface area contributed by atoms with Gasteiger partial charge in [-0.15, -0.1) is 0 Å². The molecule has 2 aromatic rings. The van der Waals surface area contributed by atoms with Crippen molar-refractivity contribution < 1.29 is 4.57 Å². The van der Waals surface area contributed by atoms with Crippen molar-refractivity contribution in [3.05, 3.63) is 86.6 Å². The van der Waals surface area contributed by atoms with Crippen molar-refractivity contribution in [2.45, 2.75) is 55.0 Å². The summed E-state index contributed by atoms with van der Waals surface area (Å²) < 4.78 is 2.21. The van der Waals surface area contributed by atoms with Crippen molar-refractivity contribution in [3.63, 3.8) is 0 Å². The summed E-state index contributed by atoms with van der Waals surface area (Å²) in [6.07, 6.45) is 8.20. The number of rotatable bonds is 1. The molecule has 0 spiro atoms. The van der Waals surface area contributed by atoms with Crippen LogP contribution in [0.5, 0.6) is 0 Å². The van der Waals surface area contributed by atoms with Gasteiger partial charge in [-0.05, 0) is 13.8 Å². The lowest BCUT2D eigenvalue weighted by Crippen LogP contribution is -2.39. The average molecular weight is 330 g/mol. The van der Waals surface area contributed by atoms with Crippen LogP contribution in [0.25, 0.3) is 0 Å². The molecular formula is C23H39N. The molecule has 2 rings (SSSR count). The Morgan fingerprint density at radius 2 is 0.958 bits per heavy atom. The Balaban J connectivity index is -0.000000289. The van der Waals surface area contributed by atoms with Gasteiger partial charge >= 0.3 is 0 Å². The first-order valence-electron chi connectivity index (χ1n) is 8.51. The molecule has 1 nitrogen and oxygen atoms in total. The maximum atomic E-state index is 2.24. The van der Waals surface area contributed by atoms with Crippen molar-refractivity contribution in [3.8, 4) is 0 Å². The highest BCUT2D eigenvalue weighted by molar-refractivity contribution is 4.99. The number of aromatic nitrogens is 1. The van der Waals surface area contributed by atoms with Gasteiger partial charge in [-0.3, -0.25) is 0 Å². The van der Waals surface area contributed by atoms with Crippen LogP contribution >= 0.6 is 0 Å². The Hall–Kier alpha value is -1.89. The third-order valence-corrected chi connectivity index (χ3v) is 2.43. The molecule has 0 saturated heterocycles. The van der Waals surface area contributed by atoms with Crippen LogP contribution in [0.4, 0.5) is 0 Å². The van der Waals surface area contributed by atoms with Crippen LogP contribution in [0.15, 0.2) is 79.1 Å². The molecule has 1 heteroatoms. The lowest BCUT2D eigenvalue weighted by molar-refractivity contribution is -0.708. The third kappa shape index (κ3) is 22.4. The summed E-state index contributed by atoms with van der Waals surface area (Å²) in [5.41, 5.74) is 0.367. The van der Waals surface area contributed by atoms with Crippen LogP contribution < -0.4 is 4.57 Å². The highest BCUT2D eigenvalue weighted by Gasteiger charge is 2.15. The van der Waals surface area contributed by atoms with E-state index in [9.17, 15) is 0 Å². The largest absolute Gasteiger partial charge is 0.358 e. The summed E-state index contributed by atoms with van der Waals surface area (Å²) in [6, 6.07) is 18.2. The second kappa shape index (κ2) is 19.2. The minimum absolute atomic E-state index is 0. The SMILES string of the molecule is C/C=C/C.CC.CC(C)(C)C[n+]1ccccc1.[CH3-].c1ccccc1. The lowest BCUT2D eigenvalue weighted by atomic mass is 9.97. The first-order chi connectivity index (χ1) is 11.0. The molecule has 0 N–H and O–H groups in total. The quantitative estimate of drug-likeness (QED) is 0.309. The van der Waals surface area contributed by atoms with E-state index < -0.39 is 0 Å². The van der Waals surface area contributed by atoms with Gasteiger partial charge in [-0.1, -0.05) is 89.2 Å². The van der Waals surface area contributed by atoms with E-state index in [1.165, 1.54) is 0 Å². The molecule has 24 heavy (non-hydrogen) atoms. The van der Waals surface area contributed by atoms with Crippen LogP contribution in [-0.2, 0) is 6.54 Å². The molecule has 0 fully saturated rings. The van der Waals surface area contributed by atoms with E-state index in [0.29, 0.717) is 5.41 Å². The van der Waals surface area contributed by atoms with Gasteiger partial charge in [0.15, 0.2) is 18.9 Å². The topological polar surface area (TPSA) is 3.88 Å². The van der Waals surface area contributed by atoms with Crippen LogP contribution in [0.1, 0.15) is 48.5 Å². The first kappa shape index (κ1) is 27.0. The summed E-state index contributed by atoms with van der Waals surface area (Å²) in [6.45, 7) is 15.8. The average Bonchev–Trinajstić information content (AvgIpc) is 2.58. The molecular weight excluding hydrogens is 290 g/mol. The van der Waals surface area contributed by atoms with Crippen LogP contribution in [0.3, 0.4) is 0 Å². The highest BCUT2D eigenvalue weighted by atomic mass is 14.9. The third-order valence-electron chi connectivity index (χ3n) is 2.43. The standard InChI is InChI=1S/C10H16N.C6H6.C4H8.C2H6.CH3/c1-10(2,3)9-11-7-5-4-6-8-11;1-2-4-6-5-3-1;1-3-4-2;1-2;/h4-8H,9H2,1-3H3;1-6H;3-4H,1-2H3;1-2H3;1H3/q+1;;;;-1/b;;4-3+;;. The minimum Gasteiger partial charge on any atom is -0.358 e. The molecule has 0 aliphatic heterocycles. The Kier molecular flexibility index (Phi) is 21.5. The molecule has 0 amide bonds. The van der Waals surface area contributed by atoms with E-state index in [1.807, 2.05) is 82.3 Å². The Bertz CT molecular complexity index is 422. The zero-order valence-corrected chi connectivity index (χ0v) is 17.2. The Morgan fingerprint density at radius 3 is 1.21 bits per heavy atom. The van der Waals surface area contributed by atoms with Crippen molar-refractivity contribution in [1.82, 2.24) is 0 Å². The Labute approximate surface area is 152 Å². The smallest absolute Gasteiger partial charge is 0.168 e. The van der Waals surface area contributed by atoms with Gasteiger partial charge in [-0.25, -0.2) is 4.57 Å². The molecule has 1 aromatic heterocycles. The zero-order valence-electron chi connectivity index (χ0n) is 17.2. The van der Waals surface area contributed by atoms with E-state index in [0.717, 1.165) is 6.54 Å². The first-order valence-corrected chi connectivity index (χ1v) is 8.51. The van der Waals surface area contributed by atoms with Gasteiger partial charge in [0.1, 0.15) is 0 Å². The fraction of sp³-hybridized carbons (Fsp3) is 0.391. The molecule has 136 valence electrons. The molecule has 1 aromatic carbocycles.